The van der Waals surface area contributed by atoms with Crippen molar-refractivity contribution in [2.24, 2.45) is 5.73 Å². The Morgan fingerprint density at radius 2 is 2.00 bits per heavy atom. The lowest BCUT2D eigenvalue weighted by Crippen LogP contribution is -2.51. The van der Waals surface area contributed by atoms with Crippen LogP contribution in [0.2, 0.25) is 0 Å². The van der Waals surface area contributed by atoms with E-state index >= 15 is 0 Å². The first kappa shape index (κ1) is 13.3. The zero-order chi connectivity index (χ0) is 13.7. The van der Waals surface area contributed by atoms with Crippen LogP contribution < -0.4 is 10.5 Å². The maximum absolute atomic E-state index is 11.5. The highest BCUT2D eigenvalue weighted by Gasteiger charge is 2.41. The number of benzene rings is 1. The molecule has 3 N–H and O–H groups in total. The van der Waals surface area contributed by atoms with Gasteiger partial charge in [0.1, 0.15) is 17.5 Å². The first-order chi connectivity index (χ1) is 8.13. The molecule has 18 heavy (non-hydrogen) atoms. The van der Waals surface area contributed by atoms with Gasteiger partial charge in [-0.1, -0.05) is 0 Å². The molecule has 2 atom stereocenters. The zero-order valence-corrected chi connectivity index (χ0v) is 11.4. The van der Waals surface area contributed by atoms with E-state index in [0.717, 1.165) is 6.26 Å². The molecule has 1 aliphatic heterocycles. The molecule has 2 rings (SSSR count). The third-order valence-electron chi connectivity index (χ3n) is 3.19. The van der Waals surface area contributed by atoms with Crippen molar-refractivity contribution in [1.82, 2.24) is 0 Å². The minimum Gasteiger partial charge on any atom is -0.485 e. The van der Waals surface area contributed by atoms with E-state index in [1.54, 1.807) is 19.9 Å². The van der Waals surface area contributed by atoms with E-state index in [0.29, 0.717) is 11.3 Å². The van der Waals surface area contributed by atoms with Crippen molar-refractivity contribution in [2.75, 3.05) is 6.26 Å². The van der Waals surface area contributed by atoms with Crippen molar-refractivity contribution in [3.63, 3.8) is 0 Å². The molecule has 0 aliphatic carbocycles. The number of aliphatic hydroxyl groups is 1. The maximum Gasteiger partial charge on any atom is 0.175 e. The summed E-state index contributed by atoms with van der Waals surface area (Å²) in [6.45, 7) is 3.48. The predicted octanol–water partition coefficient (Wildman–Crippen LogP) is 0.622. The van der Waals surface area contributed by atoms with Crippen molar-refractivity contribution < 1.29 is 18.3 Å². The van der Waals surface area contributed by atoms with E-state index in [4.69, 9.17) is 10.5 Å². The second-order valence-corrected chi connectivity index (χ2v) is 7.16. The molecule has 1 aliphatic rings. The molecule has 0 fully saturated rings. The Bertz CT molecular complexity index is 580. The van der Waals surface area contributed by atoms with E-state index in [1.807, 2.05) is 0 Å². The lowest BCUT2D eigenvalue weighted by Gasteiger charge is -2.40. The van der Waals surface area contributed by atoms with Gasteiger partial charge < -0.3 is 15.6 Å². The second kappa shape index (κ2) is 3.94. The molecule has 0 amide bonds. The van der Waals surface area contributed by atoms with Gasteiger partial charge in [-0.3, -0.25) is 0 Å². The summed E-state index contributed by atoms with van der Waals surface area (Å²) in [6, 6.07) is 3.87. The van der Waals surface area contributed by atoms with E-state index in [1.165, 1.54) is 12.1 Å². The van der Waals surface area contributed by atoms with Crippen LogP contribution in [0.1, 0.15) is 25.5 Å². The summed E-state index contributed by atoms with van der Waals surface area (Å²) in [6.07, 6.45) is 0.240. The summed E-state index contributed by atoms with van der Waals surface area (Å²) >= 11 is 0. The molecular formula is C12H17NO4S. The van der Waals surface area contributed by atoms with Crippen molar-refractivity contribution in [2.45, 2.75) is 36.5 Å². The van der Waals surface area contributed by atoms with Crippen molar-refractivity contribution in [3.8, 4) is 5.75 Å². The normalized spacial score (nSPS) is 26.3. The first-order valence-electron chi connectivity index (χ1n) is 5.59. The fourth-order valence-corrected chi connectivity index (χ4v) is 2.71. The Hall–Kier alpha value is -1.11. The highest BCUT2D eigenvalue weighted by Crippen LogP contribution is 2.39. The molecule has 6 heteroatoms. The van der Waals surface area contributed by atoms with Crippen LogP contribution in [0.3, 0.4) is 0 Å². The maximum atomic E-state index is 11.5. The molecule has 0 saturated heterocycles. The van der Waals surface area contributed by atoms with Crippen LogP contribution in [-0.2, 0) is 9.84 Å². The molecule has 1 heterocycles. The fraction of sp³-hybridized carbons (Fsp3) is 0.500. The van der Waals surface area contributed by atoms with Crippen LogP contribution in [0.4, 0.5) is 0 Å². The summed E-state index contributed by atoms with van der Waals surface area (Å²) in [5.74, 6) is 0.519. The number of nitrogens with two attached hydrogens (primary N) is 1. The smallest absolute Gasteiger partial charge is 0.175 e. The molecule has 1 aromatic rings. The van der Waals surface area contributed by atoms with Crippen LogP contribution in [0.15, 0.2) is 23.1 Å². The molecule has 0 aromatic heterocycles. The van der Waals surface area contributed by atoms with Gasteiger partial charge in [-0.25, -0.2) is 8.42 Å². The number of hydrogen-bond donors (Lipinski definition) is 2. The van der Waals surface area contributed by atoms with Crippen LogP contribution in [0.25, 0.3) is 0 Å². The van der Waals surface area contributed by atoms with Crippen molar-refractivity contribution in [1.29, 1.82) is 0 Å². The number of aliphatic hydroxyl groups excluding tert-OH is 1. The molecular weight excluding hydrogens is 254 g/mol. The first-order valence-corrected chi connectivity index (χ1v) is 7.49. The Morgan fingerprint density at radius 3 is 2.56 bits per heavy atom. The third kappa shape index (κ3) is 2.11. The van der Waals surface area contributed by atoms with E-state index in [-0.39, 0.29) is 4.90 Å². The Labute approximate surface area is 106 Å². The van der Waals surface area contributed by atoms with Gasteiger partial charge in [0.2, 0.25) is 0 Å². The molecule has 100 valence electrons. The van der Waals surface area contributed by atoms with Gasteiger partial charge in [-0.15, -0.1) is 0 Å². The van der Waals surface area contributed by atoms with Crippen LogP contribution in [0, 0.1) is 0 Å². The van der Waals surface area contributed by atoms with Gasteiger partial charge in [0.05, 0.1) is 10.9 Å². The summed E-state index contributed by atoms with van der Waals surface area (Å²) < 4.78 is 28.6. The SMILES string of the molecule is CC1(C)Oc2ccc(S(C)(=O)=O)cc2C(N)C1O. The highest BCUT2D eigenvalue weighted by molar-refractivity contribution is 7.90. The summed E-state index contributed by atoms with van der Waals surface area (Å²) in [5, 5.41) is 10.0. The number of hydrogen-bond acceptors (Lipinski definition) is 5. The number of ether oxygens (including phenoxy) is 1. The van der Waals surface area contributed by atoms with Crippen LogP contribution in [-0.4, -0.2) is 31.5 Å². The number of fused-ring (bicyclic) bond motifs is 1. The lowest BCUT2D eigenvalue weighted by molar-refractivity contribution is -0.0572. The Kier molecular flexibility index (Phi) is 2.92. The molecule has 0 bridgehead atoms. The summed E-state index contributed by atoms with van der Waals surface area (Å²) in [7, 11) is -3.30. The van der Waals surface area contributed by atoms with Crippen molar-refractivity contribution in [3.05, 3.63) is 23.8 Å². The average molecular weight is 271 g/mol. The molecule has 0 radical (unpaired) electrons. The standard InChI is InChI=1S/C12H17NO4S/c1-12(2)11(14)10(13)8-6-7(18(3,15)16)4-5-9(8)17-12/h4-6,10-11,14H,13H2,1-3H3. The van der Waals surface area contributed by atoms with Gasteiger partial charge >= 0.3 is 0 Å². The summed E-state index contributed by atoms with van der Waals surface area (Å²) in [4.78, 5) is 0.173. The van der Waals surface area contributed by atoms with Gasteiger partial charge in [-0.05, 0) is 32.0 Å². The third-order valence-corrected chi connectivity index (χ3v) is 4.30. The Morgan fingerprint density at radius 1 is 1.39 bits per heavy atom. The van der Waals surface area contributed by atoms with E-state index in [9.17, 15) is 13.5 Å². The predicted molar refractivity (Wildman–Crippen MR) is 67.2 cm³/mol. The largest absolute Gasteiger partial charge is 0.485 e. The number of sulfone groups is 1. The molecule has 0 saturated carbocycles. The van der Waals surface area contributed by atoms with Gasteiger partial charge in [-0.2, -0.15) is 0 Å². The quantitative estimate of drug-likeness (QED) is 0.781. The second-order valence-electron chi connectivity index (χ2n) is 5.15. The Balaban J connectivity index is 2.56. The highest BCUT2D eigenvalue weighted by atomic mass is 32.2. The van der Waals surface area contributed by atoms with Crippen LogP contribution >= 0.6 is 0 Å². The number of rotatable bonds is 1. The minimum atomic E-state index is -3.30. The molecule has 2 unspecified atom stereocenters. The molecule has 5 nitrogen and oxygen atoms in total. The van der Waals surface area contributed by atoms with Crippen molar-refractivity contribution >= 4 is 9.84 Å². The topological polar surface area (TPSA) is 89.6 Å². The monoisotopic (exact) mass is 271 g/mol. The lowest BCUT2D eigenvalue weighted by atomic mass is 9.87. The van der Waals surface area contributed by atoms with E-state index in [2.05, 4.69) is 0 Å². The minimum absolute atomic E-state index is 0.173. The van der Waals surface area contributed by atoms with E-state index < -0.39 is 27.6 Å². The van der Waals surface area contributed by atoms with Gasteiger partial charge in [0, 0.05) is 11.8 Å². The fourth-order valence-electron chi connectivity index (χ4n) is 2.06. The molecule has 1 aromatic carbocycles. The van der Waals surface area contributed by atoms with Gasteiger partial charge in [0.25, 0.3) is 0 Å². The average Bonchev–Trinajstić information content (AvgIpc) is 2.24. The zero-order valence-electron chi connectivity index (χ0n) is 10.5. The molecule has 0 spiro atoms. The van der Waals surface area contributed by atoms with Gasteiger partial charge in [0.15, 0.2) is 9.84 Å². The van der Waals surface area contributed by atoms with Crippen LogP contribution in [0.5, 0.6) is 5.75 Å². The summed E-state index contributed by atoms with van der Waals surface area (Å²) in [5.41, 5.74) is 5.68.